The van der Waals surface area contributed by atoms with Crippen molar-refractivity contribution in [1.29, 1.82) is 0 Å². The molecule has 0 aromatic heterocycles. The molecule has 0 radical (unpaired) electrons. The molecule has 29 heavy (non-hydrogen) atoms. The molecule has 1 saturated heterocycles. The van der Waals surface area contributed by atoms with Gasteiger partial charge in [0.2, 0.25) is 5.91 Å². The molecule has 2 atom stereocenters. The Bertz CT molecular complexity index is 878. The molecule has 2 aromatic rings. The minimum absolute atomic E-state index is 0.0301. The van der Waals surface area contributed by atoms with Crippen LogP contribution in [0.1, 0.15) is 51.0 Å². The highest BCUT2D eigenvalue weighted by molar-refractivity contribution is 6.30. The summed E-state index contributed by atoms with van der Waals surface area (Å²) in [4.78, 5) is 28.8. The van der Waals surface area contributed by atoms with Crippen LogP contribution >= 0.6 is 11.6 Å². The minimum Gasteiger partial charge on any atom is -0.351 e. The van der Waals surface area contributed by atoms with Crippen molar-refractivity contribution in [2.45, 2.75) is 57.0 Å². The number of rotatable bonds is 4. The van der Waals surface area contributed by atoms with E-state index in [0.29, 0.717) is 11.4 Å². The number of carbonyl (C=O) groups excluding carboxylic acids is 2. The van der Waals surface area contributed by atoms with Crippen molar-refractivity contribution in [2.24, 2.45) is 5.92 Å². The first kappa shape index (κ1) is 20.0. The summed E-state index contributed by atoms with van der Waals surface area (Å²) in [6.07, 6.45) is 5.81. The Morgan fingerprint density at radius 3 is 2.34 bits per heavy atom. The zero-order valence-electron chi connectivity index (χ0n) is 16.7. The van der Waals surface area contributed by atoms with Crippen molar-refractivity contribution in [1.82, 2.24) is 5.32 Å². The Morgan fingerprint density at radius 2 is 1.69 bits per heavy atom. The molecule has 0 spiro atoms. The number of nitrogens with zero attached hydrogens (tertiary/aromatic N) is 1. The quantitative estimate of drug-likeness (QED) is 0.766. The van der Waals surface area contributed by atoms with Crippen molar-refractivity contribution in [3.8, 4) is 0 Å². The van der Waals surface area contributed by atoms with Gasteiger partial charge in [0.15, 0.2) is 5.54 Å². The average molecular weight is 411 g/mol. The van der Waals surface area contributed by atoms with E-state index in [1.165, 1.54) is 6.42 Å². The first-order valence-corrected chi connectivity index (χ1v) is 10.9. The first-order chi connectivity index (χ1) is 14.0. The molecule has 2 aliphatic rings. The summed E-state index contributed by atoms with van der Waals surface area (Å²) in [6.45, 7) is 2.00. The molecule has 0 bridgehead atoms. The van der Waals surface area contributed by atoms with E-state index in [4.69, 9.17) is 11.6 Å². The number of para-hydroxylation sites is 1. The largest absolute Gasteiger partial charge is 0.351 e. The summed E-state index contributed by atoms with van der Waals surface area (Å²) >= 11 is 6.14. The van der Waals surface area contributed by atoms with Crippen LogP contribution in [0, 0.1) is 5.92 Å². The third kappa shape index (κ3) is 3.55. The van der Waals surface area contributed by atoms with Gasteiger partial charge in [-0.05, 0) is 42.7 Å². The summed E-state index contributed by atoms with van der Waals surface area (Å²) in [5.74, 6) is -0.286. The molecule has 152 valence electrons. The van der Waals surface area contributed by atoms with Crippen LogP contribution in [-0.4, -0.2) is 17.9 Å². The van der Waals surface area contributed by atoms with Gasteiger partial charge in [-0.2, -0.15) is 0 Å². The summed E-state index contributed by atoms with van der Waals surface area (Å²) in [5, 5.41) is 3.91. The van der Waals surface area contributed by atoms with Gasteiger partial charge >= 0.3 is 0 Å². The summed E-state index contributed by atoms with van der Waals surface area (Å²) in [7, 11) is 0. The third-order valence-corrected chi connectivity index (χ3v) is 6.63. The zero-order valence-corrected chi connectivity index (χ0v) is 17.5. The maximum Gasteiger partial charge on any atom is 0.251 e. The van der Waals surface area contributed by atoms with Gasteiger partial charge in [-0.3, -0.25) is 14.5 Å². The van der Waals surface area contributed by atoms with E-state index in [9.17, 15) is 9.59 Å². The van der Waals surface area contributed by atoms with Gasteiger partial charge in [0, 0.05) is 29.1 Å². The smallest absolute Gasteiger partial charge is 0.251 e. The van der Waals surface area contributed by atoms with Crippen molar-refractivity contribution < 1.29 is 9.59 Å². The van der Waals surface area contributed by atoms with Crippen LogP contribution in [0.2, 0.25) is 5.02 Å². The second-order valence-electron chi connectivity index (χ2n) is 8.25. The predicted octanol–water partition coefficient (Wildman–Crippen LogP) is 5.06. The SMILES string of the molecule is C[C@@H]1CC(=O)N(c2ccccc2)[C@]1(C(=O)NC1CCCCC1)c1ccc(Cl)cc1. The van der Waals surface area contributed by atoms with Crippen LogP contribution in [0.25, 0.3) is 0 Å². The van der Waals surface area contributed by atoms with Crippen LogP contribution in [0.5, 0.6) is 0 Å². The molecule has 5 heteroatoms. The molecular weight excluding hydrogens is 384 g/mol. The van der Waals surface area contributed by atoms with Gasteiger partial charge in [0.25, 0.3) is 5.91 Å². The lowest BCUT2D eigenvalue weighted by atomic mass is 9.78. The molecule has 1 aliphatic heterocycles. The van der Waals surface area contributed by atoms with Crippen LogP contribution in [0.4, 0.5) is 5.69 Å². The topological polar surface area (TPSA) is 49.4 Å². The van der Waals surface area contributed by atoms with E-state index < -0.39 is 5.54 Å². The second-order valence-corrected chi connectivity index (χ2v) is 8.69. The standard InChI is InChI=1S/C24H27ClN2O2/c1-17-16-22(28)27(21-10-6-3-7-11-21)24(17,18-12-14-19(25)15-13-18)23(29)26-20-8-4-2-5-9-20/h3,6-7,10-15,17,20H,2,4-5,8-9,16H2,1H3,(H,26,29)/t17-,24+/m1/s1. The molecule has 1 saturated carbocycles. The summed E-state index contributed by atoms with van der Waals surface area (Å²) in [6, 6.07) is 17.0. The molecule has 1 N–H and O–H groups in total. The Kier molecular flexibility index (Phi) is 5.64. The molecule has 2 amide bonds. The number of hydrogen-bond acceptors (Lipinski definition) is 2. The maximum atomic E-state index is 13.9. The fourth-order valence-electron chi connectivity index (χ4n) is 4.96. The number of nitrogens with one attached hydrogen (secondary N) is 1. The van der Waals surface area contributed by atoms with E-state index in [1.807, 2.05) is 49.4 Å². The van der Waals surface area contributed by atoms with Gasteiger partial charge in [-0.25, -0.2) is 0 Å². The highest BCUT2D eigenvalue weighted by Gasteiger charge is 2.58. The van der Waals surface area contributed by atoms with E-state index in [2.05, 4.69) is 5.32 Å². The van der Waals surface area contributed by atoms with E-state index in [0.717, 1.165) is 36.9 Å². The molecule has 1 heterocycles. The fraction of sp³-hybridized carbons (Fsp3) is 0.417. The predicted molar refractivity (Wildman–Crippen MR) is 116 cm³/mol. The highest BCUT2D eigenvalue weighted by atomic mass is 35.5. The molecule has 4 nitrogen and oxygen atoms in total. The van der Waals surface area contributed by atoms with Crippen molar-refractivity contribution >= 4 is 29.1 Å². The van der Waals surface area contributed by atoms with Gasteiger partial charge in [0.05, 0.1) is 0 Å². The van der Waals surface area contributed by atoms with Gasteiger partial charge in [-0.15, -0.1) is 0 Å². The monoisotopic (exact) mass is 410 g/mol. The van der Waals surface area contributed by atoms with Gasteiger partial charge in [-0.1, -0.05) is 68.1 Å². The number of anilines is 1. The normalized spacial score (nSPS) is 25.2. The fourth-order valence-corrected chi connectivity index (χ4v) is 5.09. The Morgan fingerprint density at radius 1 is 1.03 bits per heavy atom. The maximum absolute atomic E-state index is 13.9. The summed E-state index contributed by atoms with van der Waals surface area (Å²) in [5.41, 5.74) is 0.466. The van der Waals surface area contributed by atoms with E-state index in [1.54, 1.807) is 17.0 Å². The van der Waals surface area contributed by atoms with Crippen molar-refractivity contribution in [3.05, 3.63) is 65.2 Å². The molecule has 0 unspecified atom stereocenters. The Labute approximate surface area is 177 Å². The lowest BCUT2D eigenvalue weighted by molar-refractivity contribution is -0.130. The molecule has 1 aliphatic carbocycles. The van der Waals surface area contributed by atoms with Crippen molar-refractivity contribution in [2.75, 3.05) is 4.90 Å². The Hall–Kier alpha value is -2.33. The van der Waals surface area contributed by atoms with Gasteiger partial charge in [0.1, 0.15) is 0 Å². The number of hydrogen-bond donors (Lipinski definition) is 1. The average Bonchev–Trinajstić information content (AvgIpc) is 3.00. The van der Waals surface area contributed by atoms with Crippen molar-refractivity contribution in [3.63, 3.8) is 0 Å². The second kappa shape index (κ2) is 8.19. The third-order valence-electron chi connectivity index (χ3n) is 6.38. The number of amides is 2. The minimum atomic E-state index is -1.08. The van der Waals surface area contributed by atoms with E-state index >= 15 is 0 Å². The van der Waals surface area contributed by atoms with Gasteiger partial charge < -0.3 is 5.32 Å². The lowest BCUT2D eigenvalue weighted by Crippen LogP contribution is -2.59. The first-order valence-electron chi connectivity index (χ1n) is 10.5. The van der Waals surface area contributed by atoms with Crippen LogP contribution in [-0.2, 0) is 15.1 Å². The van der Waals surface area contributed by atoms with E-state index in [-0.39, 0.29) is 23.8 Å². The Balaban J connectivity index is 1.83. The van der Waals surface area contributed by atoms with Crippen LogP contribution in [0.15, 0.2) is 54.6 Å². The number of carbonyl (C=O) groups is 2. The summed E-state index contributed by atoms with van der Waals surface area (Å²) < 4.78 is 0. The molecular formula is C24H27ClN2O2. The lowest BCUT2D eigenvalue weighted by Gasteiger charge is -2.41. The number of halogens is 1. The molecule has 4 rings (SSSR count). The van der Waals surface area contributed by atoms with Crippen LogP contribution in [0.3, 0.4) is 0 Å². The number of benzene rings is 2. The zero-order chi connectivity index (χ0) is 20.4. The van der Waals surface area contributed by atoms with Crippen LogP contribution < -0.4 is 10.2 Å². The highest BCUT2D eigenvalue weighted by Crippen LogP contribution is 2.47. The molecule has 2 aromatic carbocycles. The molecule has 2 fully saturated rings.